The lowest BCUT2D eigenvalue weighted by atomic mass is 10.1. The minimum absolute atomic E-state index is 0. The van der Waals surface area contributed by atoms with E-state index in [0.29, 0.717) is 19.0 Å². The Morgan fingerprint density at radius 3 is 2.48 bits per heavy atom. The molecule has 0 bridgehead atoms. The van der Waals surface area contributed by atoms with Gasteiger partial charge in [-0.2, -0.15) is 13.2 Å². The molecule has 1 aromatic carbocycles. The third-order valence-corrected chi connectivity index (χ3v) is 4.14. The van der Waals surface area contributed by atoms with E-state index >= 15 is 0 Å². The van der Waals surface area contributed by atoms with E-state index in [1.54, 1.807) is 40.2 Å². The quantitative estimate of drug-likeness (QED) is 0.307. The zero-order chi connectivity index (χ0) is 22.4. The van der Waals surface area contributed by atoms with Crippen LogP contribution in [-0.4, -0.2) is 39.9 Å². The zero-order valence-electron chi connectivity index (χ0n) is 18.4. The third kappa shape index (κ3) is 8.54. The molecule has 0 atom stereocenters. The van der Waals surface area contributed by atoms with E-state index in [4.69, 9.17) is 4.74 Å². The van der Waals surface area contributed by atoms with Crippen LogP contribution in [0.5, 0.6) is 5.75 Å². The number of aromatic nitrogens is 3. The molecule has 2 rings (SSSR count). The summed E-state index contributed by atoms with van der Waals surface area (Å²) in [6, 6.07) is 4.01. The van der Waals surface area contributed by atoms with Crippen LogP contribution in [-0.2, 0) is 25.7 Å². The van der Waals surface area contributed by atoms with E-state index in [2.05, 4.69) is 25.8 Å². The second-order valence-electron chi connectivity index (χ2n) is 7.68. The Balaban J connectivity index is 0.00000480. The largest absolute Gasteiger partial charge is 0.488 e. The van der Waals surface area contributed by atoms with Gasteiger partial charge < -0.3 is 19.9 Å². The number of rotatable bonds is 7. The molecule has 174 valence electrons. The lowest BCUT2D eigenvalue weighted by Crippen LogP contribution is -2.38. The van der Waals surface area contributed by atoms with Crippen molar-refractivity contribution in [2.75, 3.05) is 13.6 Å². The monoisotopic (exact) mass is 554 g/mol. The van der Waals surface area contributed by atoms with E-state index in [9.17, 15) is 13.2 Å². The fraction of sp³-hybridized carbons (Fsp3) is 0.550. The fourth-order valence-corrected chi connectivity index (χ4v) is 2.82. The van der Waals surface area contributed by atoms with Crippen LogP contribution < -0.4 is 15.4 Å². The summed E-state index contributed by atoms with van der Waals surface area (Å²) in [6.45, 7) is 8.46. The first-order valence-electron chi connectivity index (χ1n) is 9.74. The average Bonchev–Trinajstić information content (AvgIpc) is 3.10. The van der Waals surface area contributed by atoms with Gasteiger partial charge in [0.1, 0.15) is 23.5 Å². The second kappa shape index (κ2) is 11.5. The molecule has 0 saturated heterocycles. The fourth-order valence-electron chi connectivity index (χ4n) is 2.82. The SMILES string of the molecule is CCc1nncn1CCNC(=NC)NCc1ccc(OC(C)(C)C)cc1C(F)(F)F.I. The Kier molecular flexibility index (Phi) is 10.0. The maximum Gasteiger partial charge on any atom is 0.416 e. The highest BCUT2D eigenvalue weighted by atomic mass is 127. The van der Waals surface area contributed by atoms with E-state index < -0.39 is 17.3 Å². The topological polar surface area (TPSA) is 76.4 Å². The number of benzene rings is 1. The predicted molar refractivity (Wildman–Crippen MR) is 125 cm³/mol. The van der Waals surface area contributed by atoms with E-state index in [0.717, 1.165) is 18.3 Å². The van der Waals surface area contributed by atoms with Crippen molar-refractivity contribution in [3.63, 3.8) is 0 Å². The lowest BCUT2D eigenvalue weighted by molar-refractivity contribution is -0.138. The summed E-state index contributed by atoms with van der Waals surface area (Å²) in [7, 11) is 1.57. The van der Waals surface area contributed by atoms with E-state index in [1.165, 1.54) is 6.07 Å². The summed E-state index contributed by atoms with van der Waals surface area (Å²) < 4.78 is 48.2. The number of nitrogens with one attached hydrogen (secondary N) is 2. The molecule has 0 amide bonds. The average molecular weight is 554 g/mol. The van der Waals surface area contributed by atoms with E-state index in [-0.39, 0.29) is 41.8 Å². The molecule has 7 nitrogen and oxygen atoms in total. The highest BCUT2D eigenvalue weighted by Gasteiger charge is 2.34. The van der Waals surface area contributed by atoms with Crippen LogP contribution in [0, 0.1) is 0 Å². The molecule has 31 heavy (non-hydrogen) atoms. The van der Waals surface area contributed by atoms with Gasteiger partial charge in [-0.3, -0.25) is 4.99 Å². The van der Waals surface area contributed by atoms with Crippen LogP contribution >= 0.6 is 24.0 Å². The molecule has 2 N–H and O–H groups in total. The first-order chi connectivity index (χ1) is 14.0. The summed E-state index contributed by atoms with van der Waals surface area (Å²) >= 11 is 0. The standard InChI is InChI=1S/C20H29F3N6O.HI/c1-6-17-28-27-13-29(17)10-9-25-18(24-5)26-12-14-7-8-15(30-19(2,3)4)11-16(14)20(21,22)23;/h7-8,11,13H,6,9-10,12H2,1-5H3,(H2,24,25,26);1H. The molecular weight excluding hydrogens is 524 g/mol. The number of alkyl halides is 3. The Labute approximate surface area is 197 Å². The van der Waals surface area contributed by atoms with Crippen molar-refractivity contribution in [2.24, 2.45) is 4.99 Å². The van der Waals surface area contributed by atoms with Gasteiger partial charge in [-0.05, 0) is 38.5 Å². The van der Waals surface area contributed by atoms with Crippen LogP contribution in [0.15, 0.2) is 29.5 Å². The first-order valence-corrected chi connectivity index (χ1v) is 9.74. The van der Waals surface area contributed by atoms with Crippen LogP contribution in [0.3, 0.4) is 0 Å². The number of hydrogen-bond acceptors (Lipinski definition) is 4. The molecule has 0 aliphatic heterocycles. The molecule has 2 aromatic rings. The maximum absolute atomic E-state index is 13.6. The Morgan fingerprint density at radius 2 is 1.90 bits per heavy atom. The predicted octanol–water partition coefficient (Wildman–Crippen LogP) is 4.02. The minimum Gasteiger partial charge on any atom is -0.488 e. The molecule has 0 saturated carbocycles. The number of ether oxygens (including phenoxy) is 1. The van der Waals surface area contributed by atoms with Gasteiger partial charge >= 0.3 is 6.18 Å². The molecule has 0 fully saturated rings. The number of guanidine groups is 1. The molecule has 0 aliphatic rings. The van der Waals surface area contributed by atoms with Gasteiger partial charge in [-0.25, -0.2) is 0 Å². The lowest BCUT2D eigenvalue weighted by Gasteiger charge is -2.23. The van der Waals surface area contributed by atoms with Gasteiger partial charge in [-0.15, -0.1) is 34.2 Å². The zero-order valence-corrected chi connectivity index (χ0v) is 20.7. The van der Waals surface area contributed by atoms with Crippen molar-refractivity contribution in [3.05, 3.63) is 41.5 Å². The molecular formula is C20H30F3IN6O. The molecule has 11 heteroatoms. The molecule has 1 aromatic heterocycles. The number of hydrogen-bond donors (Lipinski definition) is 2. The second-order valence-corrected chi connectivity index (χ2v) is 7.68. The number of aryl methyl sites for hydroxylation is 1. The van der Waals surface area contributed by atoms with Crippen molar-refractivity contribution in [3.8, 4) is 5.75 Å². The van der Waals surface area contributed by atoms with Crippen molar-refractivity contribution >= 4 is 29.9 Å². The Morgan fingerprint density at radius 1 is 1.19 bits per heavy atom. The van der Waals surface area contributed by atoms with Crippen molar-refractivity contribution in [1.29, 1.82) is 0 Å². The maximum atomic E-state index is 13.6. The van der Waals surface area contributed by atoms with Gasteiger partial charge in [0, 0.05) is 33.1 Å². The summed E-state index contributed by atoms with van der Waals surface area (Å²) in [5.74, 6) is 1.46. The van der Waals surface area contributed by atoms with Crippen molar-refractivity contribution < 1.29 is 17.9 Å². The third-order valence-electron chi connectivity index (χ3n) is 4.14. The molecule has 0 spiro atoms. The molecule has 0 radical (unpaired) electrons. The highest BCUT2D eigenvalue weighted by Crippen LogP contribution is 2.35. The van der Waals surface area contributed by atoms with Crippen molar-refractivity contribution in [2.45, 2.75) is 59.0 Å². The van der Waals surface area contributed by atoms with Crippen molar-refractivity contribution in [1.82, 2.24) is 25.4 Å². The van der Waals surface area contributed by atoms with Crippen LogP contribution in [0.25, 0.3) is 0 Å². The van der Waals surface area contributed by atoms with Gasteiger partial charge in [0.25, 0.3) is 0 Å². The van der Waals surface area contributed by atoms with Crippen LogP contribution in [0.4, 0.5) is 13.2 Å². The smallest absolute Gasteiger partial charge is 0.416 e. The summed E-state index contributed by atoms with van der Waals surface area (Å²) in [6.07, 6.45) is -2.08. The Bertz CT molecular complexity index is 861. The highest BCUT2D eigenvalue weighted by molar-refractivity contribution is 14.0. The van der Waals surface area contributed by atoms with Gasteiger partial charge in [0.2, 0.25) is 0 Å². The van der Waals surface area contributed by atoms with Crippen LogP contribution in [0.2, 0.25) is 0 Å². The molecule has 0 unspecified atom stereocenters. The van der Waals surface area contributed by atoms with E-state index in [1.807, 2.05) is 11.5 Å². The first kappa shape index (κ1) is 27.0. The molecule has 1 heterocycles. The number of nitrogens with zero attached hydrogens (tertiary/aromatic N) is 4. The summed E-state index contributed by atoms with van der Waals surface area (Å²) in [5, 5.41) is 13.9. The molecule has 0 aliphatic carbocycles. The number of halogens is 4. The number of aliphatic imine (C=N–C) groups is 1. The van der Waals surface area contributed by atoms with Gasteiger partial charge in [-0.1, -0.05) is 13.0 Å². The minimum atomic E-state index is -4.49. The normalized spacial score (nSPS) is 12.3. The van der Waals surface area contributed by atoms with Gasteiger partial charge in [0.05, 0.1) is 5.56 Å². The Hall–Kier alpha value is -2.05. The van der Waals surface area contributed by atoms with Crippen LogP contribution in [0.1, 0.15) is 44.6 Å². The summed E-state index contributed by atoms with van der Waals surface area (Å²) in [5.41, 5.74) is -1.21. The van der Waals surface area contributed by atoms with Gasteiger partial charge in [0.15, 0.2) is 5.96 Å². The summed E-state index contributed by atoms with van der Waals surface area (Å²) in [4.78, 5) is 4.07.